The van der Waals surface area contributed by atoms with E-state index in [9.17, 15) is 14.7 Å². The number of carboxylic acids is 1. The third-order valence-electron chi connectivity index (χ3n) is 2.68. The number of rotatable bonds is 6. The molecule has 0 aliphatic heterocycles. The maximum atomic E-state index is 11.8. The Morgan fingerprint density at radius 1 is 1.26 bits per heavy atom. The zero-order valence-corrected chi connectivity index (χ0v) is 11.1. The molecule has 0 spiro atoms. The number of amides is 1. The first kappa shape index (κ1) is 15.0. The van der Waals surface area contributed by atoms with Crippen LogP contribution in [0.5, 0.6) is 5.75 Å². The molecule has 0 fully saturated rings. The Morgan fingerprint density at radius 2 is 1.89 bits per heavy atom. The Balaban J connectivity index is 2.63. The average molecular weight is 265 g/mol. The molecule has 0 aromatic heterocycles. The van der Waals surface area contributed by atoms with Crippen molar-refractivity contribution in [2.24, 2.45) is 5.92 Å². The lowest BCUT2D eigenvalue weighted by Crippen LogP contribution is -2.42. The van der Waals surface area contributed by atoms with Crippen LogP contribution in [0.15, 0.2) is 24.3 Å². The minimum absolute atomic E-state index is 0.0332. The number of carbonyl (C=O) groups excluding carboxylic acids is 1. The van der Waals surface area contributed by atoms with Crippen molar-refractivity contribution in [3.63, 3.8) is 0 Å². The van der Waals surface area contributed by atoms with Crippen molar-refractivity contribution < 1.29 is 19.8 Å². The molecule has 0 saturated carbocycles. The van der Waals surface area contributed by atoms with Crippen molar-refractivity contribution >= 4 is 11.9 Å². The van der Waals surface area contributed by atoms with Gasteiger partial charge < -0.3 is 15.5 Å². The highest BCUT2D eigenvalue weighted by Crippen LogP contribution is 2.16. The summed E-state index contributed by atoms with van der Waals surface area (Å²) >= 11 is 0. The van der Waals surface area contributed by atoms with E-state index in [0.717, 1.165) is 0 Å². The van der Waals surface area contributed by atoms with Gasteiger partial charge in [0.2, 0.25) is 5.91 Å². The van der Waals surface area contributed by atoms with Crippen LogP contribution >= 0.6 is 0 Å². The predicted molar refractivity (Wildman–Crippen MR) is 70.8 cm³/mol. The first-order valence-corrected chi connectivity index (χ1v) is 6.19. The van der Waals surface area contributed by atoms with E-state index < -0.39 is 17.9 Å². The molecule has 0 aliphatic carbocycles. The van der Waals surface area contributed by atoms with Crippen molar-refractivity contribution in [2.75, 3.05) is 0 Å². The van der Waals surface area contributed by atoms with Crippen LogP contribution in [0.25, 0.3) is 0 Å². The lowest BCUT2D eigenvalue weighted by molar-refractivity contribution is -0.142. The summed E-state index contributed by atoms with van der Waals surface area (Å²) < 4.78 is 0. The smallest absolute Gasteiger partial charge is 0.326 e. The maximum absolute atomic E-state index is 11.8. The topological polar surface area (TPSA) is 86.6 Å². The number of hydrogen-bond acceptors (Lipinski definition) is 3. The van der Waals surface area contributed by atoms with E-state index in [1.54, 1.807) is 18.2 Å². The second-order valence-corrected chi connectivity index (χ2v) is 4.89. The molecule has 0 unspecified atom stereocenters. The SMILES string of the molecule is CC(C)C[C@@H](NC(=O)Cc1ccccc1O)C(=O)O. The number of para-hydroxylation sites is 1. The van der Waals surface area contributed by atoms with Crippen LogP contribution in [0, 0.1) is 5.92 Å². The fourth-order valence-electron chi connectivity index (χ4n) is 1.77. The Hall–Kier alpha value is -2.04. The largest absolute Gasteiger partial charge is 0.508 e. The zero-order valence-electron chi connectivity index (χ0n) is 11.1. The predicted octanol–water partition coefficient (Wildman–Crippen LogP) is 1.55. The van der Waals surface area contributed by atoms with E-state index in [-0.39, 0.29) is 18.1 Å². The monoisotopic (exact) mass is 265 g/mol. The van der Waals surface area contributed by atoms with Gasteiger partial charge in [-0.05, 0) is 18.4 Å². The first-order chi connectivity index (χ1) is 8.90. The number of hydrogen-bond donors (Lipinski definition) is 3. The molecule has 5 nitrogen and oxygen atoms in total. The van der Waals surface area contributed by atoms with Gasteiger partial charge in [-0.15, -0.1) is 0 Å². The molecule has 1 aromatic carbocycles. The second kappa shape index (κ2) is 6.78. The van der Waals surface area contributed by atoms with Gasteiger partial charge in [-0.2, -0.15) is 0 Å². The number of carbonyl (C=O) groups is 2. The van der Waals surface area contributed by atoms with Crippen LogP contribution in [0.2, 0.25) is 0 Å². The maximum Gasteiger partial charge on any atom is 0.326 e. The summed E-state index contributed by atoms with van der Waals surface area (Å²) in [5.74, 6) is -1.24. The zero-order chi connectivity index (χ0) is 14.4. The van der Waals surface area contributed by atoms with Crippen molar-refractivity contribution in [1.82, 2.24) is 5.32 Å². The number of benzene rings is 1. The summed E-state index contributed by atoms with van der Waals surface area (Å²) in [5.41, 5.74) is 0.480. The summed E-state index contributed by atoms with van der Waals surface area (Å²) in [7, 11) is 0. The molecule has 0 heterocycles. The van der Waals surface area contributed by atoms with Gasteiger partial charge in [0, 0.05) is 5.56 Å². The molecule has 0 saturated heterocycles. The van der Waals surface area contributed by atoms with E-state index in [1.165, 1.54) is 6.07 Å². The molecule has 0 bridgehead atoms. The molecule has 19 heavy (non-hydrogen) atoms. The van der Waals surface area contributed by atoms with Gasteiger partial charge in [-0.3, -0.25) is 4.79 Å². The van der Waals surface area contributed by atoms with Gasteiger partial charge in [0.05, 0.1) is 6.42 Å². The summed E-state index contributed by atoms with van der Waals surface area (Å²) in [6, 6.07) is 5.61. The summed E-state index contributed by atoms with van der Waals surface area (Å²) in [5, 5.41) is 21.1. The fraction of sp³-hybridized carbons (Fsp3) is 0.429. The lowest BCUT2D eigenvalue weighted by atomic mass is 10.0. The lowest BCUT2D eigenvalue weighted by Gasteiger charge is -2.16. The van der Waals surface area contributed by atoms with Crippen LogP contribution < -0.4 is 5.32 Å². The van der Waals surface area contributed by atoms with Gasteiger partial charge in [-0.1, -0.05) is 32.0 Å². The van der Waals surface area contributed by atoms with Gasteiger partial charge in [0.15, 0.2) is 0 Å². The Morgan fingerprint density at radius 3 is 2.42 bits per heavy atom. The van der Waals surface area contributed by atoms with Crippen molar-refractivity contribution in [1.29, 1.82) is 0 Å². The third kappa shape index (κ3) is 4.99. The molecule has 0 radical (unpaired) electrons. The van der Waals surface area contributed by atoms with Gasteiger partial charge in [0.1, 0.15) is 11.8 Å². The Labute approximate surface area is 112 Å². The van der Waals surface area contributed by atoms with Crippen LogP contribution in [0.4, 0.5) is 0 Å². The van der Waals surface area contributed by atoms with Crippen molar-refractivity contribution in [3.8, 4) is 5.75 Å². The standard InChI is InChI=1S/C14H19NO4/c1-9(2)7-11(14(18)19)15-13(17)8-10-5-3-4-6-12(10)16/h3-6,9,11,16H,7-8H2,1-2H3,(H,15,17)(H,18,19)/t11-/m1/s1. The van der Waals surface area contributed by atoms with E-state index in [2.05, 4.69) is 5.32 Å². The number of aliphatic carboxylic acids is 1. The van der Waals surface area contributed by atoms with Gasteiger partial charge >= 0.3 is 5.97 Å². The molecule has 0 aliphatic rings. The highest BCUT2D eigenvalue weighted by atomic mass is 16.4. The van der Waals surface area contributed by atoms with Gasteiger partial charge in [0.25, 0.3) is 0 Å². The summed E-state index contributed by atoms with van der Waals surface area (Å²) in [4.78, 5) is 22.8. The van der Waals surface area contributed by atoms with Crippen LogP contribution in [-0.4, -0.2) is 28.1 Å². The minimum Gasteiger partial charge on any atom is -0.508 e. The number of phenolic OH excluding ortho intramolecular Hbond substituents is 1. The normalized spacial score (nSPS) is 12.2. The van der Waals surface area contributed by atoms with Crippen molar-refractivity contribution in [3.05, 3.63) is 29.8 Å². The highest BCUT2D eigenvalue weighted by Gasteiger charge is 2.21. The molecular weight excluding hydrogens is 246 g/mol. The molecule has 5 heteroatoms. The quantitative estimate of drug-likeness (QED) is 0.728. The molecule has 1 aromatic rings. The molecule has 1 amide bonds. The number of aromatic hydroxyl groups is 1. The van der Waals surface area contributed by atoms with E-state index in [1.807, 2.05) is 13.8 Å². The first-order valence-electron chi connectivity index (χ1n) is 6.19. The third-order valence-corrected chi connectivity index (χ3v) is 2.68. The van der Waals surface area contributed by atoms with E-state index in [4.69, 9.17) is 5.11 Å². The van der Waals surface area contributed by atoms with Crippen molar-refractivity contribution in [2.45, 2.75) is 32.7 Å². The molecule has 1 rings (SSSR count). The molecule has 1 atom stereocenters. The van der Waals surface area contributed by atoms with E-state index >= 15 is 0 Å². The van der Waals surface area contributed by atoms with Crippen LogP contribution in [-0.2, 0) is 16.0 Å². The second-order valence-electron chi connectivity index (χ2n) is 4.89. The highest BCUT2D eigenvalue weighted by molar-refractivity contribution is 5.85. The fourth-order valence-corrected chi connectivity index (χ4v) is 1.77. The Kier molecular flexibility index (Phi) is 5.36. The summed E-state index contributed by atoms with van der Waals surface area (Å²) in [6.45, 7) is 3.79. The average Bonchev–Trinajstić information content (AvgIpc) is 2.30. The number of nitrogens with one attached hydrogen (secondary N) is 1. The van der Waals surface area contributed by atoms with Gasteiger partial charge in [-0.25, -0.2) is 4.79 Å². The minimum atomic E-state index is -1.04. The molecule has 104 valence electrons. The summed E-state index contributed by atoms with van der Waals surface area (Å²) in [6.07, 6.45) is 0.344. The molecular formula is C14H19NO4. The van der Waals surface area contributed by atoms with Crippen LogP contribution in [0.3, 0.4) is 0 Å². The number of phenols is 1. The Bertz CT molecular complexity index is 457. The van der Waals surface area contributed by atoms with E-state index in [0.29, 0.717) is 12.0 Å². The molecule has 3 N–H and O–H groups in total. The van der Waals surface area contributed by atoms with Crippen LogP contribution in [0.1, 0.15) is 25.8 Å². The number of carboxylic acid groups (broad SMARTS) is 1.